The van der Waals surface area contributed by atoms with E-state index in [-0.39, 0.29) is 12.4 Å². The Balaban J connectivity index is 0.0000102. The Hall–Kier alpha value is -0.560. The van der Waals surface area contributed by atoms with E-state index in [0.29, 0.717) is 0 Å². The van der Waals surface area contributed by atoms with Crippen LogP contribution in [-0.4, -0.2) is 0 Å². The van der Waals surface area contributed by atoms with Crippen molar-refractivity contribution in [2.24, 2.45) is 7.05 Å². The molecule has 0 aromatic carbocycles. The van der Waals surface area contributed by atoms with Gasteiger partial charge in [0.25, 0.3) is 0 Å². The van der Waals surface area contributed by atoms with Gasteiger partial charge in [-0.25, -0.2) is 4.57 Å². The number of unbranched alkanes of at least 4 members (excludes halogenated alkanes) is 18. The molecule has 2 heteroatoms. The van der Waals surface area contributed by atoms with Gasteiger partial charge in [0.15, 0.2) is 12.4 Å². The van der Waals surface area contributed by atoms with Crippen LogP contribution in [0.5, 0.6) is 0 Å². The van der Waals surface area contributed by atoms with Crippen molar-refractivity contribution in [3.8, 4) is 0 Å². The van der Waals surface area contributed by atoms with Crippen molar-refractivity contribution in [2.45, 2.75) is 161 Å². The van der Waals surface area contributed by atoms with Gasteiger partial charge in [0, 0.05) is 12.1 Å². The first-order chi connectivity index (χ1) is 15.8. The fourth-order valence-corrected chi connectivity index (χ4v) is 5.02. The third-order valence-corrected chi connectivity index (χ3v) is 7.29. The van der Waals surface area contributed by atoms with Gasteiger partial charge in [-0.1, -0.05) is 142 Å². The maximum absolute atomic E-state index is 2.37. The smallest absolute Gasteiger partial charge is 0.168 e. The molecule has 0 spiro atoms. The monoisotopic (exact) mass is 479 g/mol. The first kappa shape index (κ1) is 32.4. The Morgan fingerprint density at radius 2 is 0.818 bits per heavy atom. The third kappa shape index (κ3) is 19.4. The first-order valence-corrected chi connectivity index (χ1v) is 14.7. The number of halogens is 1. The molecular weight excluding hydrogens is 422 g/mol. The molecule has 0 saturated heterocycles. The van der Waals surface area contributed by atoms with Gasteiger partial charge in [0.2, 0.25) is 0 Å². The van der Waals surface area contributed by atoms with Crippen LogP contribution < -0.4 is 17.0 Å². The lowest BCUT2D eigenvalue weighted by Crippen LogP contribution is -3.00. The summed E-state index contributed by atoms with van der Waals surface area (Å²) in [5, 5.41) is 0. The number of rotatable bonds is 23. The molecule has 1 nitrogen and oxygen atoms in total. The molecule has 1 aromatic rings. The highest BCUT2D eigenvalue weighted by Gasteiger charge is 2.12. The third-order valence-electron chi connectivity index (χ3n) is 7.29. The van der Waals surface area contributed by atoms with Crippen LogP contribution in [0.2, 0.25) is 0 Å². The molecule has 0 atom stereocenters. The van der Waals surface area contributed by atoms with Crippen molar-refractivity contribution < 1.29 is 17.0 Å². The zero-order valence-corrected chi connectivity index (χ0v) is 23.5. The molecule has 0 bridgehead atoms. The van der Waals surface area contributed by atoms with E-state index in [1.54, 1.807) is 5.56 Å². The van der Waals surface area contributed by atoms with E-state index < -0.39 is 0 Å². The van der Waals surface area contributed by atoms with Crippen LogP contribution in [0.1, 0.15) is 167 Å². The van der Waals surface area contributed by atoms with E-state index in [1.165, 1.54) is 141 Å². The van der Waals surface area contributed by atoms with Crippen molar-refractivity contribution in [3.63, 3.8) is 0 Å². The number of pyridine rings is 1. The van der Waals surface area contributed by atoms with Crippen molar-refractivity contribution in [1.29, 1.82) is 0 Å². The van der Waals surface area contributed by atoms with Gasteiger partial charge in [-0.3, -0.25) is 0 Å². The maximum Gasteiger partial charge on any atom is 0.168 e. The quantitative estimate of drug-likeness (QED) is 0.115. The highest BCUT2D eigenvalue weighted by atomic mass is 35.5. The molecule has 0 saturated carbocycles. The number of aromatic nitrogens is 1. The average molecular weight is 480 g/mol. The minimum Gasteiger partial charge on any atom is -1.00 e. The van der Waals surface area contributed by atoms with Gasteiger partial charge in [0.05, 0.1) is 0 Å². The molecule has 33 heavy (non-hydrogen) atoms. The lowest BCUT2D eigenvalue weighted by molar-refractivity contribution is -0.671. The molecule has 0 aliphatic rings. The highest BCUT2D eigenvalue weighted by molar-refractivity contribution is 5.13. The Bertz CT molecular complexity index is 474. The van der Waals surface area contributed by atoms with Gasteiger partial charge in [0.1, 0.15) is 7.05 Å². The van der Waals surface area contributed by atoms with Gasteiger partial charge in [-0.2, -0.15) is 0 Å². The molecule has 1 heterocycles. The fraction of sp³-hybridized carbons (Fsp3) is 0.839. The Labute approximate surface area is 215 Å². The molecular formula is C31H58ClN. The van der Waals surface area contributed by atoms with E-state index in [0.717, 1.165) is 5.92 Å². The summed E-state index contributed by atoms with van der Waals surface area (Å²) < 4.78 is 2.17. The van der Waals surface area contributed by atoms with Gasteiger partial charge < -0.3 is 12.4 Å². The topological polar surface area (TPSA) is 3.88 Å². The van der Waals surface area contributed by atoms with E-state index in [4.69, 9.17) is 0 Å². The fourth-order valence-electron chi connectivity index (χ4n) is 5.02. The van der Waals surface area contributed by atoms with E-state index in [9.17, 15) is 0 Å². The number of nitrogens with zero attached hydrogens (tertiary/aromatic N) is 1. The minimum atomic E-state index is 0. The SMILES string of the molecule is CCCCCCCCCCCCC(CCCCCCCCCCCC)c1cc[n+](C)cc1.[Cl-]. The van der Waals surface area contributed by atoms with Crippen molar-refractivity contribution in [3.05, 3.63) is 30.1 Å². The van der Waals surface area contributed by atoms with E-state index >= 15 is 0 Å². The molecule has 0 amide bonds. The van der Waals surface area contributed by atoms with E-state index in [1.807, 2.05) is 0 Å². The van der Waals surface area contributed by atoms with E-state index in [2.05, 4.69) is 50.0 Å². The van der Waals surface area contributed by atoms with Crippen molar-refractivity contribution >= 4 is 0 Å². The lowest BCUT2D eigenvalue weighted by Gasteiger charge is -2.17. The Morgan fingerprint density at radius 1 is 0.515 bits per heavy atom. The summed E-state index contributed by atoms with van der Waals surface area (Å²) in [7, 11) is 2.13. The molecule has 0 N–H and O–H groups in total. The summed E-state index contributed by atoms with van der Waals surface area (Å²) in [6.07, 6.45) is 36.0. The standard InChI is InChI=1S/C31H58N.ClH/c1-4-6-8-10-12-14-16-18-20-22-24-30(31-26-28-32(3)29-27-31)25-23-21-19-17-15-13-11-9-7-5-2;/h26-30H,4-25H2,1-3H3;1H/q+1;/p-1. The van der Waals surface area contributed by atoms with Gasteiger partial charge in [-0.05, 0) is 24.3 Å². The van der Waals surface area contributed by atoms with Crippen molar-refractivity contribution in [2.75, 3.05) is 0 Å². The summed E-state index contributed by atoms with van der Waals surface area (Å²) >= 11 is 0. The second kappa shape index (κ2) is 24.6. The Kier molecular flexibility index (Phi) is 24.1. The molecule has 1 aromatic heterocycles. The molecule has 0 unspecified atom stereocenters. The van der Waals surface area contributed by atoms with Crippen LogP contribution in [-0.2, 0) is 7.05 Å². The van der Waals surface area contributed by atoms with Crippen LogP contribution in [0, 0.1) is 0 Å². The maximum atomic E-state index is 2.37. The van der Waals surface area contributed by atoms with Crippen LogP contribution in [0.3, 0.4) is 0 Å². The second-order valence-electron chi connectivity index (χ2n) is 10.4. The highest BCUT2D eigenvalue weighted by Crippen LogP contribution is 2.28. The average Bonchev–Trinajstić information content (AvgIpc) is 2.80. The number of hydrogen-bond donors (Lipinski definition) is 0. The minimum absolute atomic E-state index is 0. The first-order valence-electron chi connectivity index (χ1n) is 14.7. The molecule has 1 rings (SSSR count). The zero-order valence-electron chi connectivity index (χ0n) is 22.8. The number of aryl methyl sites for hydroxylation is 1. The summed E-state index contributed by atoms with van der Waals surface area (Å²) in [6, 6.07) is 4.74. The molecule has 0 fully saturated rings. The second-order valence-corrected chi connectivity index (χ2v) is 10.4. The summed E-state index contributed by atoms with van der Waals surface area (Å²) in [5.41, 5.74) is 1.58. The zero-order chi connectivity index (χ0) is 23.1. The normalized spacial score (nSPS) is 11.2. The van der Waals surface area contributed by atoms with Gasteiger partial charge >= 0.3 is 0 Å². The molecule has 194 valence electrons. The van der Waals surface area contributed by atoms with Crippen LogP contribution in [0.15, 0.2) is 24.5 Å². The largest absolute Gasteiger partial charge is 1.00 e. The predicted octanol–water partition coefficient (Wildman–Crippen LogP) is 7.22. The predicted molar refractivity (Wildman–Crippen MR) is 143 cm³/mol. The summed E-state index contributed by atoms with van der Waals surface area (Å²) in [5.74, 6) is 0.777. The van der Waals surface area contributed by atoms with Gasteiger partial charge in [-0.15, -0.1) is 0 Å². The summed E-state index contributed by atoms with van der Waals surface area (Å²) in [6.45, 7) is 4.61. The molecule has 0 aliphatic heterocycles. The van der Waals surface area contributed by atoms with Crippen LogP contribution in [0.25, 0.3) is 0 Å². The van der Waals surface area contributed by atoms with Crippen LogP contribution >= 0.6 is 0 Å². The molecule has 0 radical (unpaired) electrons. The molecule has 0 aliphatic carbocycles. The van der Waals surface area contributed by atoms with Crippen molar-refractivity contribution in [1.82, 2.24) is 0 Å². The lowest BCUT2D eigenvalue weighted by atomic mass is 9.88. The summed E-state index contributed by atoms with van der Waals surface area (Å²) in [4.78, 5) is 0. The Morgan fingerprint density at radius 3 is 1.15 bits per heavy atom. The number of hydrogen-bond acceptors (Lipinski definition) is 0. The van der Waals surface area contributed by atoms with Crippen LogP contribution in [0.4, 0.5) is 0 Å².